The van der Waals surface area contributed by atoms with E-state index in [4.69, 9.17) is 0 Å². The van der Waals surface area contributed by atoms with Crippen LogP contribution < -0.4 is 5.32 Å². The second kappa shape index (κ2) is 8.76. The number of H-pyrrole nitrogens is 1. The molecule has 1 fully saturated rings. The molecule has 1 aliphatic heterocycles. The summed E-state index contributed by atoms with van der Waals surface area (Å²) in [4.78, 5) is 15.9. The second-order valence-electron chi connectivity index (χ2n) is 7.41. The zero-order valence-corrected chi connectivity index (χ0v) is 17.7. The second-order valence-corrected chi connectivity index (χ2v) is 9.34. The molecule has 2 aromatic carbocycles. The topological polar surface area (TPSA) is 106 Å². The first-order chi connectivity index (χ1) is 15.0. The van der Waals surface area contributed by atoms with E-state index in [2.05, 4.69) is 10.3 Å². The Morgan fingerprint density at radius 1 is 1.10 bits per heavy atom. The van der Waals surface area contributed by atoms with Gasteiger partial charge in [0, 0.05) is 41.4 Å². The molecule has 1 saturated heterocycles. The largest absolute Gasteiger partial charge is 0.361 e. The van der Waals surface area contributed by atoms with Crippen molar-refractivity contribution in [2.24, 2.45) is 0 Å². The van der Waals surface area contributed by atoms with Crippen molar-refractivity contribution in [2.45, 2.75) is 24.2 Å². The van der Waals surface area contributed by atoms with Crippen molar-refractivity contribution in [3.8, 4) is 6.07 Å². The number of nitrogens with one attached hydrogen (secondary N) is 2. The lowest BCUT2D eigenvalue weighted by Crippen LogP contribution is -2.35. The maximum Gasteiger partial charge on any atom is 0.266 e. The molecule has 7 nitrogen and oxygen atoms in total. The summed E-state index contributed by atoms with van der Waals surface area (Å²) in [5, 5.41) is 13.1. The highest BCUT2D eigenvalue weighted by molar-refractivity contribution is 7.89. The number of sulfonamides is 1. The summed E-state index contributed by atoms with van der Waals surface area (Å²) in [6, 6.07) is 15.7. The van der Waals surface area contributed by atoms with E-state index in [-0.39, 0.29) is 10.5 Å². The van der Waals surface area contributed by atoms with Crippen molar-refractivity contribution in [3.05, 3.63) is 65.9 Å². The average Bonchev–Trinajstić information content (AvgIpc) is 3.21. The van der Waals surface area contributed by atoms with E-state index >= 15 is 0 Å². The van der Waals surface area contributed by atoms with Crippen LogP contribution in [-0.4, -0.2) is 36.7 Å². The zero-order chi connectivity index (χ0) is 21.8. The molecule has 158 valence electrons. The number of hydrogen-bond donors (Lipinski definition) is 2. The Bertz CT molecular complexity index is 1300. The molecule has 1 aliphatic rings. The normalized spacial score (nSPS) is 15.5. The molecule has 2 heterocycles. The van der Waals surface area contributed by atoms with Crippen molar-refractivity contribution in [2.75, 3.05) is 18.4 Å². The van der Waals surface area contributed by atoms with Gasteiger partial charge in [0.25, 0.3) is 5.91 Å². The summed E-state index contributed by atoms with van der Waals surface area (Å²) in [6.45, 7) is 1.01. The molecule has 1 amide bonds. The number of aromatic nitrogens is 1. The molecule has 0 saturated carbocycles. The van der Waals surface area contributed by atoms with Gasteiger partial charge >= 0.3 is 0 Å². The van der Waals surface area contributed by atoms with E-state index in [1.807, 2.05) is 30.3 Å². The highest BCUT2D eigenvalue weighted by Gasteiger charge is 2.26. The van der Waals surface area contributed by atoms with E-state index in [1.54, 1.807) is 18.3 Å². The van der Waals surface area contributed by atoms with Gasteiger partial charge in [0.05, 0.1) is 4.90 Å². The van der Waals surface area contributed by atoms with Crippen molar-refractivity contribution < 1.29 is 13.2 Å². The van der Waals surface area contributed by atoms with Gasteiger partial charge in [-0.25, -0.2) is 8.42 Å². The minimum atomic E-state index is -3.61. The molecule has 0 unspecified atom stereocenters. The minimum Gasteiger partial charge on any atom is -0.361 e. The molecule has 8 heteroatoms. The Labute approximate surface area is 181 Å². The zero-order valence-electron chi connectivity index (χ0n) is 16.8. The van der Waals surface area contributed by atoms with Crippen molar-refractivity contribution in [1.29, 1.82) is 5.26 Å². The van der Waals surface area contributed by atoms with Gasteiger partial charge in [-0.3, -0.25) is 4.79 Å². The molecule has 2 N–H and O–H groups in total. The van der Waals surface area contributed by atoms with E-state index in [0.29, 0.717) is 18.8 Å². The Morgan fingerprint density at radius 2 is 1.87 bits per heavy atom. The summed E-state index contributed by atoms with van der Waals surface area (Å²) in [7, 11) is -3.61. The Kier molecular flexibility index (Phi) is 5.89. The van der Waals surface area contributed by atoms with E-state index in [0.717, 1.165) is 35.7 Å². The van der Waals surface area contributed by atoms with Gasteiger partial charge in [0.1, 0.15) is 11.6 Å². The minimum absolute atomic E-state index is 0.0750. The molecule has 0 spiro atoms. The molecule has 1 aromatic heterocycles. The van der Waals surface area contributed by atoms with Crippen LogP contribution in [0, 0.1) is 11.3 Å². The fourth-order valence-electron chi connectivity index (χ4n) is 3.70. The summed E-state index contributed by atoms with van der Waals surface area (Å²) in [5.74, 6) is -0.597. The average molecular weight is 435 g/mol. The van der Waals surface area contributed by atoms with Gasteiger partial charge in [-0.1, -0.05) is 30.7 Å². The number of nitriles is 1. The number of nitrogens with zero attached hydrogens (tertiary/aromatic N) is 2. The fraction of sp³-hybridized carbons (Fsp3) is 0.217. The lowest BCUT2D eigenvalue weighted by atomic mass is 10.1. The van der Waals surface area contributed by atoms with Gasteiger partial charge in [-0.15, -0.1) is 0 Å². The number of carbonyl (C=O) groups excluding carboxylic acids is 1. The molecule has 31 heavy (non-hydrogen) atoms. The number of anilines is 1. The lowest BCUT2D eigenvalue weighted by molar-refractivity contribution is -0.112. The molecule has 4 rings (SSSR count). The third-order valence-electron chi connectivity index (χ3n) is 5.33. The first-order valence-corrected chi connectivity index (χ1v) is 11.5. The van der Waals surface area contributed by atoms with Crippen LogP contribution in [0.25, 0.3) is 17.0 Å². The smallest absolute Gasteiger partial charge is 0.266 e. The van der Waals surface area contributed by atoms with Crippen LogP contribution in [0.4, 0.5) is 5.69 Å². The Balaban J connectivity index is 1.56. The number of benzene rings is 2. The van der Waals surface area contributed by atoms with Gasteiger partial charge in [-0.2, -0.15) is 9.57 Å². The molecule has 0 atom stereocenters. The van der Waals surface area contributed by atoms with Crippen LogP contribution in [-0.2, 0) is 14.8 Å². The standard InChI is InChI=1S/C23H22N4O3S/c24-15-17(13-18-16-25-22-10-3-2-9-21(18)22)23(28)26-19-7-6-8-20(14-19)31(29,30)27-11-4-1-5-12-27/h2-3,6-10,13-14,16,25H,1,4-5,11-12H2,(H,26,28). The van der Waals surface area contributed by atoms with Crippen LogP contribution in [0.3, 0.4) is 0 Å². The molecular formula is C23H22N4O3S. The number of amides is 1. The quantitative estimate of drug-likeness (QED) is 0.469. The summed E-state index contributed by atoms with van der Waals surface area (Å²) >= 11 is 0. The van der Waals surface area contributed by atoms with Gasteiger partial charge in [0.15, 0.2) is 0 Å². The van der Waals surface area contributed by atoms with Crippen LogP contribution in [0.15, 0.2) is 65.2 Å². The van der Waals surface area contributed by atoms with Gasteiger partial charge in [-0.05, 0) is 43.2 Å². The van der Waals surface area contributed by atoms with E-state index in [1.165, 1.54) is 22.5 Å². The number of piperidine rings is 1. The highest BCUT2D eigenvalue weighted by atomic mass is 32.2. The van der Waals surface area contributed by atoms with Crippen LogP contribution in [0.5, 0.6) is 0 Å². The first kappa shape index (κ1) is 20.8. The van der Waals surface area contributed by atoms with Crippen LogP contribution in [0.2, 0.25) is 0 Å². The van der Waals surface area contributed by atoms with Crippen LogP contribution >= 0.6 is 0 Å². The number of fused-ring (bicyclic) bond motifs is 1. The van der Waals surface area contributed by atoms with E-state index in [9.17, 15) is 18.5 Å². The summed E-state index contributed by atoms with van der Waals surface area (Å²) < 4.78 is 27.3. The number of carbonyl (C=O) groups is 1. The van der Waals surface area contributed by atoms with Crippen molar-refractivity contribution in [3.63, 3.8) is 0 Å². The molecular weight excluding hydrogens is 412 g/mol. The molecule has 3 aromatic rings. The highest BCUT2D eigenvalue weighted by Crippen LogP contribution is 2.24. The first-order valence-electron chi connectivity index (χ1n) is 10.1. The Hall–Kier alpha value is -3.41. The fourth-order valence-corrected chi connectivity index (χ4v) is 5.27. The number of hydrogen-bond acceptors (Lipinski definition) is 4. The maximum atomic E-state index is 12.9. The summed E-state index contributed by atoms with van der Waals surface area (Å²) in [6.07, 6.45) is 5.98. The van der Waals surface area contributed by atoms with Crippen molar-refractivity contribution >= 4 is 38.6 Å². The van der Waals surface area contributed by atoms with E-state index < -0.39 is 15.9 Å². The number of aromatic amines is 1. The number of para-hydroxylation sites is 1. The Morgan fingerprint density at radius 3 is 2.65 bits per heavy atom. The third-order valence-corrected chi connectivity index (χ3v) is 7.23. The van der Waals surface area contributed by atoms with Crippen molar-refractivity contribution in [1.82, 2.24) is 9.29 Å². The van der Waals surface area contributed by atoms with Crippen LogP contribution in [0.1, 0.15) is 24.8 Å². The summed E-state index contributed by atoms with van der Waals surface area (Å²) in [5.41, 5.74) is 1.88. The molecule has 0 radical (unpaired) electrons. The monoisotopic (exact) mass is 434 g/mol. The number of rotatable bonds is 5. The van der Waals surface area contributed by atoms with Gasteiger partial charge < -0.3 is 10.3 Å². The molecule has 0 aliphatic carbocycles. The maximum absolute atomic E-state index is 12.9. The SMILES string of the molecule is N#CC(=Cc1c[nH]c2ccccc12)C(=O)Nc1cccc(S(=O)(=O)N2CCCCC2)c1. The third kappa shape index (κ3) is 4.38. The predicted octanol–water partition coefficient (Wildman–Crippen LogP) is 3.89. The molecule has 0 bridgehead atoms. The van der Waals surface area contributed by atoms with Gasteiger partial charge in [0.2, 0.25) is 10.0 Å². The lowest BCUT2D eigenvalue weighted by Gasteiger charge is -2.26. The predicted molar refractivity (Wildman–Crippen MR) is 120 cm³/mol.